The smallest absolute Gasteiger partial charge is 0.339 e. The Kier molecular flexibility index (Phi) is 6.47. The molecule has 6 nitrogen and oxygen atoms in total. The number of hydrogen-bond donors (Lipinski definition) is 0. The van der Waals surface area contributed by atoms with Crippen LogP contribution in [0.2, 0.25) is 0 Å². The van der Waals surface area contributed by atoms with Gasteiger partial charge in [0.2, 0.25) is 0 Å². The van der Waals surface area contributed by atoms with E-state index >= 15 is 0 Å². The van der Waals surface area contributed by atoms with Crippen molar-refractivity contribution in [1.82, 2.24) is 9.38 Å². The van der Waals surface area contributed by atoms with Crippen LogP contribution in [-0.2, 0) is 16.1 Å². The normalized spacial score (nSPS) is 11.4. The fourth-order valence-corrected chi connectivity index (χ4v) is 3.53. The van der Waals surface area contributed by atoms with E-state index in [1.807, 2.05) is 54.6 Å². The fourth-order valence-electron chi connectivity index (χ4n) is 3.19. The number of pyridine rings is 1. The number of rotatable bonds is 6. The summed E-state index contributed by atoms with van der Waals surface area (Å²) in [5.74, 6) is 0.170. The molecule has 7 heteroatoms. The van der Waals surface area contributed by atoms with Gasteiger partial charge in [0.25, 0.3) is 5.56 Å². The van der Waals surface area contributed by atoms with Gasteiger partial charge in [-0.15, -0.1) is 0 Å². The summed E-state index contributed by atoms with van der Waals surface area (Å²) in [6.45, 7) is -0.122. The highest BCUT2D eigenvalue weighted by Gasteiger charge is 2.15. The Morgan fingerprint density at radius 3 is 2.66 bits per heavy atom. The van der Waals surface area contributed by atoms with E-state index in [4.69, 9.17) is 9.47 Å². The van der Waals surface area contributed by atoms with E-state index in [-0.39, 0.29) is 12.2 Å². The molecule has 4 rings (SSSR count). The lowest BCUT2D eigenvalue weighted by atomic mass is 10.0. The monoisotopic (exact) mass is 490 g/mol. The number of fused-ring (bicyclic) bond motifs is 1. The van der Waals surface area contributed by atoms with Crippen LogP contribution in [0.5, 0.6) is 5.75 Å². The van der Waals surface area contributed by atoms with Crippen LogP contribution in [0.25, 0.3) is 17.3 Å². The van der Waals surface area contributed by atoms with Crippen molar-refractivity contribution in [3.8, 4) is 5.75 Å². The summed E-state index contributed by atoms with van der Waals surface area (Å²) in [5.41, 5.74) is 2.50. The van der Waals surface area contributed by atoms with Crippen molar-refractivity contribution < 1.29 is 14.3 Å². The third-order valence-corrected chi connectivity index (χ3v) is 5.21. The molecule has 4 aromatic rings. The standard InChI is InChI=1S/C25H19BrN2O4/c1-31-21-9-5-6-17(12-21)13-22(18-7-3-2-4-8-18)25(30)32-16-20-14-24(29)28-15-19(26)10-11-23(28)27-20/h2-15H,16H2,1H3/b22-13+. The van der Waals surface area contributed by atoms with E-state index in [1.54, 1.807) is 31.5 Å². The van der Waals surface area contributed by atoms with Crippen LogP contribution >= 0.6 is 15.9 Å². The molecule has 0 atom stereocenters. The van der Waals surface area contributed by atoms with Gasteiger partial charge in [-0.2, -0.15) is 0 Å². The van der Waals surface area contributed by atoms with Crippen LogP contribution in [0.15, 0.2) is 88.3 Å². The van der Waals surface area contributed by atoms with E-state index < -0.39 is 5.97 Å². The van der Waals surface area contributed by atoms with Gasteiger partial charge in [0.05, 0.1) is 18.4 Å². The Labute approximate surface area is 192 Å². The molecule has 0 unspecified atom stereocenters. The lowest BCUT2D eigenvalue weighted by Gasteiger charge is -2.10. The SMILES string of the molecule is COc1cccc(/C=C(/C(=O)OCc2cc(=O)n3cc(Br)ccc3n2)c2ccccc2)c1. The molecule has 0 aliphatic rings. The molecule has 0 spiro atoms. The molecular formula is C25H19BrN2O4. The molecule has 0 fully saturated rings. The second-order valence-electron chi connectivity index (χ2n) is 6.94. The minimum atomic E-state index is -0.517. The van der Waals surface area contributed by atoms with Crippen LogP contribution in [0.3, 0.4) is 0 Å². The van der Waals surface area contributed by atoms with E-state index in [2.05, 4.69) is 20.9 Å². The molecule has 2 aromatic carbocycles. The van der Waals surface area contributed by atoms with E-state index in [0.29, 0.717) is 22.7 Å². The van der Waals surface area contributed by atoms with Gasteiger partial charge in [-0.3, -0.25) is 9.20 Å². The molecule has 0 bridgehead atoms. The minimum Gasteiger partial charge on any atom is -0.497 e. The van der Waals surface area contributed by atoms with Crippen molar-refractivity contribution in [2.24, 2.45) is 0 Å². The number of esters is 1. The molecule has 0 aliphatic carbocycles. The van der Waals surface area contributed by atoms with Crippen molar-refractivity contribution in [3.63, 3.8) is 0 Å². The molecule has 2 heterocycles. The van der Waals surface area contributed by atoms with Crippen molar-refractivity contribution in [1.29, 1.82) is 0 Å². The molecule has 0 saturated heterocycles. The third kappa shape index (κ3) is 4.95. The molecule has 0 aliphatic heterocycles. The van der Waals surface area contributed by atoms with Crippen LogP contribution in [0.4, 0.5) is 0 Å². The highest BCUT2D eigenvalue weighted by atomic mass is 79.9. The van der Waals surface area contributed by atoms with Gasteiger partial charge in [0, 0.05) is 16.7 Å². The van der Waals surface area contributed by atoms with Gasteiger partial charge in [-0.25, -0.2) is 9.78 Å². The van der Waals surface area contributed by atoms with E-state index in [1.165, 1.54) is 10.5 Å². The molecular weight excluding hydrogens is 472 g/mol. The lowest BCUT2D eigenvalue weighted by Crippen LogP contribution is -2.17. The fraction of sp³-hybridized carbons (Fsp3) is 0.0800. The quantitative estimate of drug-likeness (QED) is 0.221. The van der Waals surface area contributed by atoms with Gasteiger partial charge >= 0.3 is 5.97 Å². The summed E-state index contributed by atoms with van der Waals surface area (Å²) in [5, 5.41) is 0. The topological polar surface area (TPSA) is 69.9 Å². The number of carbonyl (C=O) groups excluding carboxylic acids is 1. The molecule has 32 heavy (non-hydrogen) atoms. The third-order valence-electron chi connectivity index (χ3n) is 4.74. The maximum absolute atomic E-state index is 13.0. The summed E-state index contributed by atoms with van der Waals surface area (Å²) >= 11 is 3.34. The Morgan fingerprint density at radius 2 is 1.88 bits per heavy atom. The van der Waals surface area contributed by atoms with Crippen molar-refractivity contribution in [2.45, 2.75) is 6.61 Å². The van der Waals surface area contributed by atoms with Crippen LogP contribution in [0.1, 0.15) is 16.8 Å². The highest BCUT2D eigenvalue weighted by molar-refractivity contribution is 9.10. The molecule has 0 amide bonds. The van der Waals surface area contributed by atoms with Crippen LogP contribution in [0, 0.1) is 0 Å². The summed E-state index contributed by atoms with van der Waals surface area (Å²) in [6, 6.07) is 21.5. The van der Waals surface area contributed by atoms with Crippen molar-refractivity contribution in [3.05, 3.63) is 111 Å². The Hall–Kier alpha value is -3.71. The predicted molar refractivity (Wildman–Crippen MR) is 126 cm³/mol. The number of ether oxygens (including phenoxy) is 2. The zero-order chi connectivity index (χ0) is 22.5. The van der Waals surface area contributed by atoms with E-state index in [0.717, 1.165) is 15.6 Å². The average Bonchev–Trinajstić information content (AvgIpc) is 2.82. The Balaban J connectivity index is 1.62. The van der Waals surface area contributed by atoms with Crippen molar-refractivity contribution >= 4 is 39.2 Å². The first kappa shape index (κ1) is 21.5. The van der Waals surface area contributed by atoms with Crippen molar-refractivity contribution in [2.75, 3.05) is 7.11 Å². The average molecular weight is 491 g/mol. The predicted octanol–water partition coefficient (Wildman–Crippen LogP) is 4.75. The number of hydrogen-bond acceptors (Lipinski definition) is 5. The zero-order valence-corrected chi connectivity index (χ0v) is 18.8. The lowest BCUT2D eigenvalue weighted by molar-refractivity contribution is -0.137. The molecule has 0 N–H and O–H groups in total. The van der Waals surface area contributed by atoms with Crippen LogP contribution < -0.4 is 10.3 Å². The zero-order valence-electron chi connectivity index (χ0n) is 17.2. The van der Waals surface area contributed by atoms with Gasteiger partial charge in [-0.05, 0) is 57.4 Å². The summed E-state index contributed by atoms with van der Waals surface area (Å²) < 4.78 is 13.0. The minimum absolute atomic E-state index is 0.122. The maximum atomic E-state index is 13.0. The van der Waals surface area contributed by atoms with Gasteiger partial charge in [-0.1, -0.05) is 42.5 Å². The molecule has 0 radical (unpaired) electrons. The first-order valence-corrected chi connectivity index (χ1v) is 10.6. The number of benzene rings is 2. The summed E-state index contributed by atoms with van der Waals surface area (Å²) in [4.78, 5) is 29.8. The summed E-state index contributed by atoms with van der Waals surface area (Å²) in [6.07, 6.45) is 3.39. The second kappa shape index (κ2) is 9.62. The molecule has 2 aromatic heterocycles. The maximum Gasteiger partial charge on any atom is 0.339 e. The van der Waals surface area contributed by atoms with E-state index in [9.17, 15) is 9.59 Å². The van der Waals surface area contributed by atoms with Gasteiger partial charge in [0.15, 0.2) is 0 Å². The number of halogens is 1. The second-order valence-corrected chi connectivity index (χ2v) is 7.85. The number of methoxy groups -OCH3 is 1. The largest absolute Gasteiger partial charge is 0.497 e. The molecule has 160 valence electrons. The number of carbonyl (C=O) groups is 1. The Bertz CT molecular complexity index is 1360. The number of aromatic nitrogens is 2. The molecule has 0 saturated carbocycles. The Morgan fingerprint density at radius 1 is 1.06 bits per heavy atom. The van der Waals surface area contributed by atoms with Crippen LogP contribution in [-0.4, -0.2) is 22.5 Å². The van der Waals surface area contributed by atoms with Gasteiger partial charge in [0.1, 0.15) is 18.0 Å². The number of nitrogens with zero attached hydrogens (tertiary/aromatic N) is 2. The first-order valence-electron chi connectivity index (χ1n) is 9.79. The first-order chi connectivity index (χ1) is 15.5. The summed E-state index contributed by atoms with van der Waals surface area (Å²) in [7, 11) is 1.59. The van der Waals surface area contributed by atoms with Gasteiger partial charge < -0.3 is 9.47 Å². The highest BCUT2D eigenvalue weighted by Crippen LogP contribution is 2.22.